The maximum absolute atomic E-state index is 15.1. The molecule has 0 bridgehead atoms. The lowest BCUT2D eigenvalue weighted by molar-refractivity contribution is -0.439. The highest BCUT2D eigenvalue weighted by molar-refractivity contribution is 5.87. The Kier molecular flexibility index (Phi) is 11.1. The third-order valence-corrected chi connectivity index (χ3v) is 8.74. The van der Waals surface area contributed by atoms with Crippen molar-refractivity contribution in [1.82, 2.24) is 0 Å². The summed E-state index contributed by atoms with van der Waals surface area (Å²) in [6, 6.07) is 18.8. The minimum atomic E-state index is -5.59. The van der Waals surface area contributed by atoms with Gasteiger partial charge < -0.3 is 9.47 Å². The second kappa shape index (κ2) is 14.8. The zero-order valence-corrected chi connectivity index (χ0v) is 26.8. The first kappa shape index (κ1) is 37.4. The van der Waals surface area contributed by atoms with Gasteiger partial charge in [0.2, 0.25) is 0 Å². The van der Waals surface area contributed by atoms with E-state index in [0.717, 1.165) is 54.2 Å². The molecule has 0 atom stereocenters. The number of benzene rings is 4. The Morgan fingerprint density at radius 2 is 1.30 bits per heavy atom. The molecule has 270 valence electrons. The van der Waals surface area contributed by atoms with E-state index in [0.29, 0.717) is 23.8 Å². The molecule has 13 heteroatoms. The van der Waals surface area contributed by atoms with E-state index in [4.69, 9.17) is 4.74 Å². The van der Waals surface area contributed by atoms with Crippen LogP contribution in [0.5, 0.6) is 5.75 Å². The molecule has 5 rings (SSSR count). The van der Waals surface area contributed by atoms with Crippen LogP contribution in [0.4, 0.5) is 43.9 Å². The zero-order valence-electron chi connectivity index (χ0n) is 26.8. The lowest BCUT2D eigenvalue weighted by Gasteiger charge is -2.34. The van der Waals surface area contributed by atoms with Gasteiger partial charge >= 0.3 is 24.7 Å². The Balaban J connectivity index is 1.20. The molecule has 0 heterocycles. The fourth-order valence-corrected chi connectivity index (χ4v) is 6.10. The summed E-state index contributed by atoms with van der Waals surface area (Å²) < 4.78 is 151. The molecule has 50 heavy (non-hydrogen) atoms. The Bertz CT molecular complexity index is 1750. The first-order valence-electron chi connectivity index (χ1n) is 16.2. The topological polar surface area (TPSA) is 27.7 Å². The predicted molar refractivity (Wildman–Crippen MR) is 166 cm³/mol. The van der Waals surface area contributed by atoms with Crippen LogP contribution in [0.2, 0.25) is 0 Å². The van der Waals surface area contributed by atoms with Gasteiger partial charge in [0.1, 0.15) is 11.6 Å². The molecule has 1 fully saturated rings. The molecule has 4 aromatic carbocycles. The van der Waals surface area contributed by atoms with E-state index in [2.05, 4.69) is 28.5 Å². The SMILES string of the molecule is CCCCCc1ccc2cc(-c3ccc(C(F)(F)Oc4ccc(C(F)(F)OC5CCC(C(F)(F)OC(F)(F)F)CC5)c(F)c4)cc3)ccc2c1. The van der Waals surface area contributed by atoms with E-state index in [1.165, 1.54) is 17.7 Å². The van der Waals surface area contributed by atoms with Crippen molar-refractivity contribution in [1.29, 1.82) is 0 Å². The molecule has 0 radical (unpaired) electrons. The molecule has 0 saturated heterocycles. The van der Waals surface area contributed by atoms with E-state index in [9.17, 15) is 35.1 Å². The first-order valence-corrected chi connectivity index (χ1v) is 16.2. The van der Waals surface area contributed by atoms with Gasteiger partial charge in [0, 0.05) is 6.07 Å². The van der Waals surface area contributed by atoms with Crippen LogP contribution < -0.4 is 4.74 Å². The average Bonchev–Trinajstić information content (AvgIpc) is 3.03. The summed E-state index contributed by atoms with van der Waals surface area (Å²) in [4.78, 5) is 0. The van der Waals surface area contributed by atoms with E-state index in [1.807, 2.05) is 24.3 Å². The summed E-state index contributed by atoms with van der Waals surface area (Å²) in [5, 5.41) is 2.06. The van der Waals surface area contributed by atoms with Crippen molar-refractivity contribution in [3.63, 3.8) is 0 Å². The molecule has 0 unspecified atom stereocenters. The number of unbranched alkanes of at least 4 members (excludes halogenated alkanes) is 2. The largest absolute Gasteiger partial charge is 0.527 e. The minimum absolute atomic E-state index is 0.338. The van der Waals surface area contributed by atoms with Crippen molar-refractivity contribution in [2.24, 2.45) is 5.92 Å². The summed E-state index contributed by atoms with van der Waals surface area (Å²) in [5.74, 6) is -4.29. The first-order chi connectivity index (χ1) is 23.5. The van der Waals surface area contributed by atoms with Crippen LogP contribution in [0.15, 0.2) is 78.9 Å². The molecule has 0 spiro atoms. The van der Waals surface area contributed by atoms with Crippen LogP contribution in [-0.2, 0) is 28.1 Å². The van der Waals surface area contributed by atoms with Crippen molar-refractivity contribution in [2.45, 2.75) is 89.1 Å². The number of hydrogen-bond donors (Lipinski definition) is 0. The van der Waals surface area contributed by atoms with Crippen molar-refractivity contribution in [3.05, 3.63) is 101 Å². The molecule has 1 saturated carbocycles. The van der Waals surface area contributed by atoms with Gasteiger partial charge in [-0.3, -0.25) is 0 Å². The Labute approximate surface area is 282 Å². The Morgan fingerprint density at radius 3 is 1.94 bits per heavy atom. The Morgan fingerprint density at radius 1 is 0.660 bits per heavy atom. The number of alkyl halides is 9. The van der Waals surface area contributed by atoms with Crippen molar-refractivity contribution >= 4 is 10.8 Å². The lowest BCUT2D eigenvalue weighted by Crippen LogP contribution is -2.40. The average molecular weight is 717 g/mol. The smallest absolute Gasteiger partial charge is 0.429 e. The maximum atomic E-state index is 15.1. The third kappa shape index (κ3) is 9.28. The zero-order chi connectivity index (χ0) is 36.3. The second-order valence-corrected chi connectivity index (χ2v) is 12.4. The summed E-state index contributed by atoms with van der Waals surface area (Å²) in [7, 11) is 0. The molecule has 0 amide bonds. The lowest BCUT2D eigenvalue weighted by atomic mass is 9.86. The van der Waals surface area contributed by atoms with Gasteiger partial charge in [-0.05, 0) is 96.3 Å². The number of fused-ring (bicyclic) bond motifs is 1. The van der Waals surface area contributed by atoms with Crippen LogP contribution >= 0.6 is 0 Å². The number of ether oxygens (including phenoxy) is 3. The molecular weight excluding hydrogens is 682 g/mol. The molecule has 1 aliphatic carbocycles. The van der Waals surface area contributed by atoms with E-state index in [-0.39, 0.29) is 0 Å². The van der Waals surface area contributed by atoms with E-state index >= 15 is 8.78 Å². The molecule has 0 aromatic heterocycles. The van der Waals surface area contributed by atoms with Gasteiger partial charge in [-0.25, -0.2) is 9.13 Å². The van der Waals surface area contributed by atoms with E-state index < -0.39 is 85.1 Å². The number of hydrogen-bond acceptors (Lipinski definition) is 3. The maximum Gasteiger partial charge on any atom is 0.527 e. The molecule has 0 N–H and O–H groups in total. The van der Waals surface area contributed by atoms with Crippen molar-refractivity contribution in [2.75, 3.05) is 0 Å². The minimum Gasteiger partial charge on any atom is -0.429 e. The van der Waals surface area contributed by atoms with Crippen LogP contribution in [0.3, 0.4) is 0 Å². The second-order valence-electron chi connectivity index (χ2n) is 12.4. The highest BCUT2D eigenvalue weighted by Gasteiger charge is 2.51. The van der Waals surface area contributed by atoms with Crippen LogP contribution in [0.25, 0.3) is 21.9 Å². The third-order valence-electron chi connectivity index (χ3n) is 8.74. The summed E-state index contributed by atoms with van der Waals surface area (Å²) in [6.45, 7) is 2.15. The quantitative estimate of drug-likeness (QED) is 0.102. The number of rotatable bonds is 13. The number of halogens is 10. The fraction of sp³-hybridized carbons (Fsp3) is 0.405. The normalized spacial score (nSPS) is 17.7. The highest BCUT2D eigenvalue weighted by atomic mass is 19.4. The van der Waals surface area contributed by atoms with Gasteiger partial charge in [-0.15, -0.1) is 13.2 Å². The number of aryl methyl sites for hydroxylation is 1. The van der Waals surface area contributed by atoms with Crippen molar-refractivity contribution < 1.29 is 58.1 Å². The van der Waals surface area contributed by atoms with Gasteiger partial charge in [-0.2, -0.15) is 26.3 Å². The Hall–Kier alpha value is -3.84. The summed E-state index contributed by atoms with van der Waals surface area (Å²) in [6.07, 6.45) is -17.7. The van der Waals surface area contributed by atoms with Gasteiger partial charge in [0.15, 0.2) is 0 Å². The highest BCUT2D eigenvalue weighted by Crippen LogP contribution is 2.44. The summed E-state index contributed by atoms with van der Waals surface area (Å²) >= 11 is 0. The molecule has 3 nitrogen and oxygen atoms in total. The van der Waals surface area contributed by atoms with Crippen LogP contribution in [-0.4, -0.2) is 18.6 Å². The van der Waals surface area contributed by atoms with Crippen molar-refractivity contribution in [3.8, 4) is 16.9 Å². The molecule has 0 aliphatic heterocycles. The molecule has 4 aromatic rings. The summed E-state index contributed by atoms with van der Waals surface area (Å²) in [5.41, 5.74) is 0.810. The molecular formula is C37H34F10O3. The molecule has 1 aliphatic rings. The van der Waals surface area contributed by atoms with Gasteiger partial charge in [-0.1, -0.05) is 62.2 Å². The monoisotopic (exact) mass is 716 g/mol. The van der Waals surface area contributed by atoms with Crippen LogP contribution in [0.1, 0.15) is 68.6 Å². The fourth-order valence-electron chi connectivity index (χ4n) is 6.10. The van der Waals surface area contributed by atoms with Gasteiger partial charge in [0.05, 0.1) is 23.1 Å². The van der Waals surface area contributed by atoms with E-state index in [1.54, 1.807) is 0 Å². The van der Waals surface area contributed by atoms with Gasteiger partial charge in [0.25, 0.3) is 0 Å². The predicted octanol–water partition coefficient (Wildman–Crippen LogP) is 12.3. The van der Waals surface area contributed by atoms with Crippen LogP contribution in [0, 0.1) is 11.7 Å². The standard InChI is InChI=1S/C37H34F10O3/c1-2-3-4-5-23-6-7-27-21-26(9-8-25(27)20-23)24-10-12-28(13-11-24)34(39,40)49-31-18-19-32(33(38)22-31)36(43,44)48-30-16-14-29(15-17-30)35(41,42)50-37(45,46)47/h6-13,18-22,29-30H,2-5,14-17H2,1H3.